The molecule has 4 aliphatic rings. The first-order valence-electron chi connectivity index (χ1n) is 9.59. The van der Waals surface area contributed by atoms with Crippen LogP contribution in [0, 0.1) is 40.4 Å². The van der Waals surface area contributed by atoms with Gasteiger partial charge in [0.15, 0.2) is 0 Å². The van der Waals surface area contributed by atoms with E-state index in [2.05, 4.69) is 6.92 Å². The maximum Gasteiger partial charge on any atom is 0.264 e. The minimum atomic E-state index is -0.878. The highest BCUT2D eigenvalue weighted by Gasteiger charge is 2.65. The van der Waals surface area contributed by atoms with E-state index in [4.69, 9.17) is 0 Å². The molecule has 0 spiro atoms. The van der Waals surface area contributed by atoms with Gasteiger partial charge in [0.25, 0.3) is 5.78 Å². The molecule has 4 fully saturated rings. The van der Waals surface area contributed by atoms with Crippen molar-refractivity contribution in [3.8, 4) is 0 Å². The second kappa shape index (κ2) is 5.45. The highest BCUT2D eigenvalue weighted by atomic mass is 19.1. The van der Waals surface area contributed by atoms with Crippen LogP contribution in [0.5, 0.6) is 0 Å². The van der Waals surface area contributed by atoms with Gasteiger partial charge >= 0.3 is 0 Å². The number of carbonyl (C=O) groups is 3. The largest absolute Gasteiger partial charge is 0.396 e. The lowest BCUT2D eigenvalue weighted by Crippen LogP contribution is -2.62. The summed E-state index contributed by atoms with van der Waals surface area (Å²) < 4.78 is 14.2. The third-order valence-electron chi connectivity index (χ3n) is 8.43. The molecule has 0 heterocycles. The quantitative estimate of drug-likeness (QED) is 0.738. The van der Waals surface area contributed by atoms with Gasteiger partial charge in [0.05, 0.1) is 0 Å². The van der Waals surface area contributed by atoms with Crippen molar-refractivity contribution in [1.29, 1.82) is 0 Å². The molecule has 0 bridgehead atoms. The van der Waals surface area contributed by atoms with E-state index in [-0.39, 0.29) is 48.0 Å². The SMILES string of the molecule is CC12CCC3C(CC(CO)C4CC(=O)C(=O)C(=O)C43C)C1CC(F)C2. The summed E-state index contributed by atoms with van der Waals surface area (Å²) in [5, 5.41) is 9.95. The molecular formula is C20H27FO4. The maximum atomic E-state index is 14.2. The zero-order valence-corrected chi connectivity index (χ0v) is 15.0. The van der Waals surface area contributed by atoms with E-state index in [9.17, 15) is 23.9 Å². The first kappa shape index (κ1) is 17.3. The summed E-state index contributed by atoms with van der Waals surface area (Å²) in [4.78, 5) is 37.1. The number of rotatable bonds is 1. The second-order valence-corrected chi connectivity index (χ2v) is 9.46. The van der Waals surface area contributed by atoms with Crippen molar-refractivity contribution >= 4 is 17.3 Å². The number of aliphatic hydroxyl groups is 1. The average Bonchev–Trinajstić information content (AvgIpc) is 2.88. The molecule has 0 amide bonds. The molecule has 8 unspecified atom stereocenters. The van der Waals surface area contributed by atoms with Gasteiger partial charge in [0.2, 0.25) is 11.6 Å². The summed E-state index contributed by atoms with van der Waals surface area (Å²) in [7, 11) is 0. The van der Waals surface area contributed by atoms with Crippen molar-refractivity contribution < 1.29 is 23.9 Å². The Labute approximate surface area is 147 Å². The van der Waals surface area contributed by atoms with E-state index in [1.165, 1.54) is 0 Å². The normalized spacial score (nSPS) is 52.6. The van der Waals surface area contributed by atoms with Crippen LogP contribution in [0.2, 0.25) is 0 Å². The Morgan fingerprint density at radius 1 is 1.12 bits per heavy atom. The van der Waals surface area contributed by atoms with E-state index in [0.717, 1.165) is 19.3 Å². The van der Waals surface area contributed by atoms with Crippen molar-refractivity contribution in [3.63, 3.8) is 0 Å². The van der Waals surface area contributed by atoms with E-state index in [1.54, 1.807) is 0 Å². The Morgan fingerprint density at radius 3 is 2.52 bits per heavy atom. The number of Topliss-reactive ketones (excluding diaryl/α,β-unsaturated/α-hetero) is 3. The standard InChI is InChI=1S/C20H27FO4/c1-19-4-3-13-12(15(19)6-11(21)8-19)5-10(9-22)14-7-16(23)17(24)18(25)20(13,14)2/h10-15,22H,3-9H2,1-2H3. The third kappa shape index (κ3) is 2.17. The number of hydrogen-bond donors (Lipinski definition) is 1. The number of fused-ring (bicyclic) bond motifs is 5. The molecule has 25 heavy (non-hydrogen) atoms. The Hall–Kier alpha value is -1.10. The Balaban J connectivity index is 1.77. The molecule has 1 N–H and O–H groups in total. The van der Waals surface area contributed by atoms with Crippen LogP contribution >= 0.6 is 0 Å². The summed E-state index contributed by atoms with van der Waals surface area (Å²) in [5.41, 5.74) is -0.918. The minimum Gasteiger partial charge on any atom is -0.396 e. The van der Waals surface area contributed by atoms with Gasteiger partial charge in [0.1, 0.15) is 6.17 Å². The van der Waals surface area contributed by atoms with Crippen LogP contribution in [-0.2, 0) is 14.4 Å². The second-order valence-electron chi connectivity index (χ2n) is 9.46. The van der Waals surface area contributed by atoms with Crippen molar-refractivity contribution in [3.05, 3.63) is 0 Å². The van der Waals surface area contributed by atoms with Gasteiger partial charge in [-0.1, -0.05) is 13.8 Å². The molecule has 0 saturated heterocycles. The molecule has 4 rings (SSSR count). The topological polar surface area (TPSA) is 71.4 Å². The molecular weight excluding hydrogens is 323 g/mol. The number of carbonyl (C=O) groups excluding carboxylic acids is 3. The molecule has 0 aromatic rings. The summed E-state index contributed by atoms with van der Waals surface area (Å²) in [6, 6.07) is 0. The fraction of sp³-hybridized carbons (Fsp3) is 0.850. The van der Waals surface area contributed by atoms with Crippen LogP contribution in [0.15, 0.2) is 0 Å². The van der Waals surface area contributed by atoms with Gasteiger partial charge < -0.3 is 5.11 Å². The lowest BCUT2D eigenvalue weighted by atomic mass is 9.43. The molecule has 4 aliphatic carbocycles. The fourth-order valence-electron chi connectivity index (χ4n) is 7.19. The molecule has 0 aromatic carbocycles. The molecule has 0 radical (unpaired) electrons. The van der Waals surface area contributed by atoms with E-state index < -0.39 is 28.9 Å². The Bertz CT molecular complexity index is 646. The van der Waals surface area contributed by atoms with Gasteiger partial charge in [0, 0.05) is 18.4 Å². The number of ketones is 3. The summed E-state index contributed by atoms with van der Waals surface area (Å²) in [6.07, 6.45) is 2.81. The number of alkyl halides is 1. The predicted molar refractivity (Wildman–Crippen MR) is 88.4 cm³/mol. The highest BCUT2D eigenvalue weighted by molar-refractivity contribution is 6.65. The highest BCUT2D eigenvalue weighted by Crippen LogP contribution is 2.66. The molecule has 5 heteroatoms. The van der Waals surface area contributed by atoms with Crippen molar-refractivity contribution in [2.75, 3.05) is 6.61 Å². The number of hydrogen-bond acceptors (Lipinski definition) is 4. The maximum absolute atomic E-state index is 14.2. The molecule has 4 saturated carbocycles. The van der Waals surface area contributed by atoms with Gasteiger partial charge in [-0.25, -0.2) is 4.39 Å². The fourth-order valence-corrected chi connectivity index (χ4v) is 7.19. The van der Waals surface area contributed by atoms with Gasteiger partial charge in [-0.15, -0.1) is 0 Å². The third-order valence-corrected chi connectivity index (χ3v) is 8.43. The lowest BCUT2D eigenvalue weighted by molar-refractivity contribution is -0.173. The Kier molecular flexibility index (Phi) is 3.77. The van der Waals surface area contributed by atoms with Crippen LogP contribution in [0.1, 0.15) is 52.4 Å². The average molecular weight is 350 g/mol. The van der Waals surface area contributed by atoms with Crippen molar-refractivity contribution in [1.82, 2.24) is 0 Å². The van der Waals surface area contributed by atoms with Crippen LogP contribution in [0.3, 0.4) is 0 Å². The molecule has 8 atom stereocenters. The first-order chi connectivity index (χ1) is 11.7. The minimum absolute atomic E-state index is 0.0215. The van der Waals surface area contributed by atoms with Crippen LogP contribution in [-0.4, -0.2) is 35.2 Å². The summed E-state index contributed by atoms with van der Waals surface area (Å²) >= 11 is 0. The van der Waals surface area contributed by atoms with E-state index in [1.807, 2.05) is 6.92 Å². The number of halogens is 1. The predicted octanol–water partition coefficient (Wildman–Crippen LogP) is 2.51. The molecule has 138 valence electrons. The first-order valence-corrected chi connectivity index (χ1v) is 9.59. The Morgan fingerprint density at radius 2 is 1.84 bits per heavy atom. The van der Waals surface area contributed by atoms with Gasteiger partial charge in [-0.2, -0.15) is 0 Å². The van der Waals surface area contributed by atoms with Gasteiger partial charge in [-0.3, -0.25) is 14.4 Å². The smallest absolute Gasteiger partial charge is 0.264 e. The van der Waals surface area contributed by atoms with E-state index >= 15 is 0 Å². The zero-order valence-electron chi connectivity index (χ0n) is 15.0. The molecule has 0 aromatic heterocycles. The summed E-state index contributed by atoms with van der Waals surface area (Å²) in [5.74, 6) is -2.06. The summed E-state index contributed by atoms with van der Waals surface area (Å²) in [6.45, 7) is 3.92. The molecule has 0 aliphatic heterocycles. The van der Waals surface area contributed by atoms with Crippen LogP contribution in [0.25, 0.3) is 0 Å². The van der Waals surface area contributed by atoms with Crippen molar-refractivity contribution in [2.45, 2.75) is 58.5 Å². The zero-order chi connectivity index (χ0) is 18.1. The van der Waals surface area contributed by atoms with E-state index in [0.29, 0.717) is 12.8 Å². The monoisotopic (exact) mass is 350 g/mol. The van der Waals surface area contributed by atoms with Crippen LogP contribution in [0.4, 0.5) is 4.39 Å². The van der Waals surface area contributed by atoms with Crippen LogP contribution < -0.4 is 0 Å². The van der Waals surface area contributed by atoms with Gasteiger partial charge in [-0.05, 0) is 67.1 Å². The lowest BCUT2D eigenvalue weighted by Gasteiger charge is -2.60. The number of aliphatic hydroxyl groups excluding tert-OH is 1. The van der Waals surface area contributed by atoms with Crippen molar-refractivity contribution in [2.24, 2.45) is 40.4 Å². The molecule has 4 nitrogen and oxygen atoms in total.